The number of nitrogens with zero attached hydrogens (tertiary/aromatic N) is 2. The van der Waals surface area contributed by atoms with Gasteiger partial charge in [0.15, 0.2) is 0 Å². The van der Waals surface area contributed by atoms with Crippen LogP contribution in [0.3, 0.4) is 0 Å². The number of hydrogen-bond donors (Lipinski definition) is 0. The molecule has 0 bridgehead atoms. The summed E-state index contributed by atoms with van der Waals surface area (Å²) in [4.78, 5) is 2.35. The Morgan fingerprint density at radius 3 is 2.30 bits per heavy atom. The van der Waals surface area contributed by atoms with Gasteiger partial charge in [0.25, 0.3) is 0 Å². The van der Waals surface area contributed by atoms with Gasteiger partial charge in [0.05, 0.1) is 12.0 Å². The van der Waals surface area contributed by atoms with E-state index in [0.717, 1.165) is 18.8 Å². The van der Waals surface area contributed by atoms with Crippen LogP contribution in [-0.2, 0) is 7.05 Å². The molecule has 0 fully saturated rings. The summed E-state index contributed by atoms with van der Waals surface area (Å²) in [7, 11) is 2.10. The van der Waals surface area contributed by atoms with Crippen molar-refractivity contribution in [2.24, 2.45) is 7.05 Å². The second-order valence-corrected chi connectivity index (χ2v) is 6.57. The molecule has 0 aliphatic rings. The van der Waals surface area contributed by atoms with Gasteiger partial charge in [0.1, 0.15) is 12.8 Å². The van der Waals surface area contributed by atoms with E-state index in [2.05, 4.69) is 91.0 Å². The summed E-state index contributed by atoms with van der Waals surface area (Å²) in [6.07, 6.45) is 4.34. The van der Waals surface area contributed by atoms with Crippen molar-refractivity contribution >= 4 is 28.7 Å². The van der Waals surface area contributed by atoms with Crippen LogP contribution < -0.4 is 14.2 Å². The molecule has 0 aliphatic heterocycles. The van der Waals surface area contributed by atoms with Crippen LogP contribution in [0.15, 0.2) is 54.6 Å². The van der Waals surface area contributed by atoms with Crippen molar-refractivity contribution in [1.29, 1.82) is 0 Å². The molecule has 0 amide bonds. The number of fused-ring (bicyclic) bond motifs is 1. The third kappa shape index (κ3) is 4.30. The Bertz CT molecular complexity index is 925. The number of pyridine rings is 1. The van der Waals surface area contributed by atoms with Crippen LogP contribution in [0.2, 0.25) is 0 Å². The quantitative estimate of drug-likeness (QED) is 0.546. The van der Waals surface area contributed by atoms with Crippen LogP contribution in [0.25, 0.3) is 23.1 Å². The largest absolute Gasteiger partial charge is 0.494 e. The fraction of sp³-hybridized carbons (Fsp3) is 0.292. The highest BCUT2D eigenvalue weighted by molar-refractivity contribution is 5.79. The van der Waals surface area contributed by atoms with Gasteiger partial charge in [0, 0.05) is 37.0 Å². The molecule has 0 unspecified atom stereocenters. The fourth-order valence-electron chi connectivity index (χ4n) is 3.39. The van der Waals surface area contributed by atoms with Crippen molar-refractivity contribution in [3.8, 4) is 5.75 Å². The highest BCUT2D eigenvalue weighted by Gasteiger charge is 2.10. The molecule has 0 radical (unpaired) electrons. The summed E-state index contributed by atoms with van der Waals surface area (Å²) < 4.78 is 7.82. The Hall–Kier alpha value is -2.81. The van der Waals surface area contributed by atoms with Crippen molar-refractivity contribution in [2.75, 3.05) is 24.6 Å². The third-order valence-electron chi connectivity index (χ3n) is 4.96. The number of anilines is 1. The van der Waals surface area contributed by atoms with Gasteiger partial charge in [-0.1, -0.05) is 12.1 Å². The number of ether oxygens (including phenoxy) is 1. The summed E-state index contributed by atoms with van der Waals surface area (Å²) in [5.41, 5.74) is 4.84. The highest BCUT2D eigenvalue weighted by atomic mass is 16.5. The molecule has 3 heteroatoms. The predicted molar refractivity (Wildman–Crippen MR) is 115 cm³/mol. The molecule has 140 valence electrons. The second kappa shape index (κ2) is 8.72. The van der Waals surface area contributed by atoms with Crippen molar-refractivity contribution in [3.05, 3.63) is 65.9 Å². The Morgan fingerprint density at radius 2 is 1.63 bits per heavy atom. The van der Waals surface area contributed by atoms with Crippen LogP contribution in [0.5, 0.6) is 5.75 Å². The first-order valence-corrected chi connectivity index (χ1v) is 9.75. The molecule has 0 spiro atoms. The lowest BCUT2D eigenvalue weighted by molar-refractivity contribution is -0.646. The van der Waals surface area contributed by atoms with Gasteiger partial charge in [-0.05, 0) is 62.7 Å². The maximum Gasteiger partial charge on any atom is 0.212 e. The molecule has 3 aromatic rings. The summed E-state index contributed by atoms with van der Waals surface area (Å²) >= 11 is 0. The minimum atomic E-state index is 0.686. The van der Waals surface area contributed by atoms with Crippen LogP contribution in [0.4, 0.5) is 5.69 Å². The van der Waals surface area contributed by atoms with E-state index < -0.39 is 0 Å². The van der Waals surface area contributed by atoms with Crippen LogP contribution in [-0.4, -0.2) is 19.7 Å². The van der Waals surface area contributed by atoms with E-state index in [1.165, 1.54) is 27.8 Å². The Morgan fingerprint density at radius 1 is 0.889 bits per heavy atom. The van der Waals surface area contributed by atoms with Crippen LogP contribution in [0.1, 0.15) is 32.0 Å². The lowest BCUT2D eigenvalue weighted by Crippen LogP contribution is -2.32. The summed E-state index contributed by atoms with van der Waals surface area (Å²) in [5, 5.41) is 1.18. The smallest absolute Gasteiger partial charge is 0.212 e. The highest BCUT2D eigenvalue weighted by Crippen LogP contribution is 2.20. The summed E-state index contributed by atoms with van der Waals surface area (Å²) in [5.74, 6) is 0.918. The maximum absolute atomic E-state index is 5.61. The normalized spacial score (nSPS) is 11.3. The SMILES string of the molecule is CCOc1ccc2c(ccc(C=Cc3ccc(N(CC)CC)cc3)[n+]2C)c1. The van der Waals surface area contributed by atoms with E-state index in [1.54, 1.807) is 0 Å². The first-order valence-electron chi connectivity index (χ1n) is 9.75. The van der Waals surface area contributed by atoms with E-state index in [9.17, 15) is 0 Å². The minimum Gasteiger partial charge on any atom is -0.494 e. The van der Waals surface area contributed by atoms with E-state index in [4.69, 9.17) is 4.74 Å². The maximum atomic E-state index is 5.61. The van der Waals surface area contributed by atoms with Gasteiger partial charge in [-0.2, -0.15) is 4.57 Å². The van der Waals surface area contributed by atoms with Crippen molar-refractivity contribution in [2.45, 2.75) is 20.8 Å². The molecule has 0 saturated carbocycles. The number of rotatable bonds is 7. The van der Waals surface area contributed by atoms with Crippen LogP contribution >= 0.6 is 0 Å². The molecule has 1 aromatic heterocycles. The predicted octanol–water partition coefficient (Wildman–Crippen LogP) is 5.08. The van der Waals surface area contributed by atoms with Gasteiger partial charge in [-0.25, -0.2) is 0 Å². The van der Waals surface area contributed by atoms with Gasteiger partial charge < -0.3 is 9.64 Å². The van der Waals surface area contributed by atoms with E-state index in [-0.39, 0.29) is 0 Å². The monoisotopic (exact) mass is 361 g/mol. The van der Waals surface area contributed by atoms with Crippen LogP contribution in [0, 0.1) is 0 Å². The lowest BCUT2D eigenvalue weighted by Gasteiger charge is -2.20. The molecular weight excluding hydrogens is 332 g/mol. The van der Waals surface area contributed by atoms with E-state index in [1.807, 2.05) is 13.0 Å². The average Bonchev–Trinajstić information content (AvgIpc) is 2.70. The molecule has 0 atom stereocenters. The summed E-state index contributed by atoms with van der Waals surface area (Å²) in [6, 6.07) is 19.3. The standard InChI is InChI=1S/C24H29N2O/c1-5-26(6-2)22-13-9-19(10-14-22)8-12-21-15-11-20-18-23(27-7-3)16-17-24(20)25(21)4/h8-18H,5-7H2,1-4H3/q+1. The third-order valence-corrected chi connectivity index (χ3v) is 4.96. The molecule has 3 rings (SSSR count). The molecule has 1 heterocycles. The van der Waals surface area contributed by atoms with Crippen molar-refractivity contribution < 1.29 is 9.30 Å². The molecule has 0 aliphatic carbocycles. The topological polar surface area (TPSA) is 16.4 Å². The van der Waals surface area contributed by atoms with E-state index >= 15 is 0 Å². The number of hydrogen-bond acceptors (Lipinski definition) is 2. The zero-order valence-electron chi connectivity index (χ0n) is 16.8. The molecule has 2 aromatic carbocycles. The molecule has 0 N–H and O–H groups in total. The number of aryl methyl sites for hydroxylation is 1. The second-order valence-electron chi connectivity index (χ2n) is 6.57. The number of benzene rings is 2. The molecule has 0 saturated heterocycles. The zero-order chi connectivity index (χ0) is 19.2. The van der Waals surface area contributed by atoms with E-state index in [0.29, 0.717) is 6.61 Å². The van der Waals surface area contributed by atoms with Gasteiger partial charge in [0.2, 0.25) is 11.2 Å². The van der Waals surface area contributed by atoms with Gasteiger partial charge in [-0.15, -0.1) is 0 Å². The fourth-order valence-corrected chi connectivity index (χ4v) is 3.39. The molecule has 27 heavy (non-hydrogen) atoms. The van der Waals surface area contributed by atoms with Crippen molar-refractivity contribution in [1.82, 2.24) is 0 Å². The molecular formula is C24H29N2O+. The first kappa shape index (κ1) is 19.0. The average molecular weight is 362 g/mol. The van der Waals surface area contributed by atoms with Gasteiger partial charge >= 0.3 is 0 Å². The Kier molecular flexibility index (Phi) is 6.12. The Balaban J connectivity index is 1.83. The first-order chi connectivity index (χ1) is 13.2. The number of aromatic nitrogens is 1. The minimum absolute atomic E-state index is 0.686. The molecule has 3 nitrogen and oxygen atoms in total. The van der Waals surface area contributed by atoms with Gasteiger partial charge in [-0.3, -0.25) is 0 Å². The lowest BCUT2D eigenvalue weighted by atomic mass is 10.1. The zero-order valence-corrected chi connectivity index (χ0v) is 16.8. The van der Waals surface area contributed by atoms with Crippen molar-refractivity contribution in [3.63, 3.8) is 0 Å². The Labute approximate surface area is 162 Å². The summed E-state index contributed by atoms with van der Waals surface area (Å²) in [6.45, 7) is 9.13.